The Morgan fingerprint density at radius 3 is 2.46 bits per heavy atom. The van der Waals surface area contributed by atoms with Gasteiger partial charge in [-0.15, -0.1) is 0 Å². The molecule has 26 heavy (non-hydrogen) atoms. The number of rotatable bonds is 4. The average Bonchev–Trinajstić information content (AvgIpc) is 2.93. The smallest absolute Gasteiger partial charge is 0.416 e. The molecule has 1 aromatic rings. The molecule has 0 fully saturated rings. The predicted octanol–water partition coefficient (Wildman–Crippen LogP) is 3.04. The normalized spacial score (nSPS) is 20.5. The van der Waals surface area contributed by atoms with Gasteiger partial charge in [0.15, 0.2) is 0 Å². The third-order valence-electron chi connectivity index (χ3n) is 4.47. The number of anilines is 1. The van der Waals surface area contributed by atoms with Crippen molar-refractivity contribution in [2.75, 3.05) is 18.6 Å². The Labute approximate surface area is 149 Å². The summed E-state index contributed by atoms with van der Waals surface area (Å²) in [6, 6.07) is 1.31. The average molecular weight is 374 g/mol. The first-order valence-electron chi connectivity index (χ1n) is 8.17. The molecule has 1 aliphatic rings. The number of esters is 1. The Morgan fingerprint density at radius 1 is 1.31 bits per heavy atom. The van der Waals surface area contributed by atoms with Gasteiger partial charge in [0.25, 0.3) is 0 Å². The largest absolute Gasteiger partial charge is 0.468 e. The van der Waals surface area contributed by atoms with Crippen LogP contribution in [0.4, 0.5) is 23.7 Å². The highest BCUT2D eigenvalue weighted by atomic mass is 19.4. The van der Waals surface area contributed by atoms with Crippen LogP contribution in [0.25, 0.3) is 0 Å². The lowest BCUT2D eigenvalue weighted by molar-refractivity contribution is -0.143. The van der Waals surface area contributed by atoms with Gasteiger partial charge in [0.05, 0.1) is 25.0 Å². The van der Waals surface area contributed by atoms with E-state index in [1.165, 1.54) is 13.2 Å². The van der Waals surface area contributed by atoms with E-state index in [0.717, 1.165) is 17.0 Å². The molecule has 0 saturated heterocycles. The van der Waals surface area contributed by atoms with Crippen molar-refractivity contribution in [2.24, 2.45) is 5.73 Å². The minimum absolute atomic E-state index is 0.0504. The molecule has 0 radical (unpaired) electrons. The van der Waals surface area contributed by atoms with E-state index in [0.29, 0.717) is 12.0 Å². The number of methoxy groups -OCH3 is 1. The zero-order valence-electron chi connectivity index (χ0n) is 14.7. The molecule has 6 nitrogen and oxygen atoms in total. The van der Waals surface area contributed by atoms with Crippen molar-refractivity contribution in [1.29, 1.82) is 0 Å². The molecule has 1 aromatic carbocycles. The number of nitrogens with two attached hydrogens (primary N) is 1. The van der Waals surface area contributed by atoms with Gasteiger partial charge in [0.1, 0.15) is 6.04 Å². The molecule has 0 bridgehead atoms. The Bertz CT molecular complexity index is 693. The van der Waals surface area contributed by atoms with Crippen molar-refractivity contribution in [1.82, 2.24) is 0 Å². The first-order chi connectivity index (χ1) is 12.2. The van der Waals surface area contributed by atoms with Gasteiger partial charge in [-0.3, -0.25) is 9.69 Å². The minimum atomic E-state index is -4.57. The van der Waals surface area contributed by atoms with Gasteiger partial charge >= 0.3 is 18.2 Å². The lowest BCUT2D eigenvalue weighted by Crippen LogP contribution is -2.47. The monoisotopic (exact) mass is 374 g/mol. The molecule has 3 unspecified atom stereocenters. The summed E-state index contributed by atoms with van der Waals surface area (Å²) in [4.78, 5) is 25.5. The summed E-state index contributed by atoms with van der Waals surface area (Å²) in [7, 11) is 1.18. The number of nitrogens with zero attached hydrogens (tertiary/aromatic N) is 1. The maximum atomic E-state index is 13.1. The fourth-order valence-electron chi connectivity index (χ4n) is 3.34. The molecular weight excluding hydrogens is 353 g/mol. The van der Waals surface area contributed by atoms with E-state index in [1.807, 2.05) is 0 Å². The van der Waals surface area contributed by atoms with Crippen LogP contribution in [0.3, 0.4) is 0 Å². The lowest BCUT2D eigenvalue weighted by Gasteiger charge is -2.29. The van der Waals surface area contributed by atoms with Crippen molar-refractivity contribution < 1.29 is 32.2 Å². The van der Waals surface area contributed by atoms with Crippen LogP contribution in [0.5, 0.6) is 0 Å². The van der Waals surface area contributed by atoms with Crippen LogP contribution in [-0.4, -0.2) is 37.9 Å². The zero-order valence-corrected chi connectivity index (χ0v) is 14.7. The first-order valence-corrected chi connectivity index (χ1v) is 8.17. The first kappa shape index (κ1) is 20.0. The van der Waals surface area contributed by atoms with E-state index in [9.17, 15) is 22.8 Å². The maximum absolute atomic E-state index is 13.1. The van der Waals surface area contributed by atoms with Gasteiger partial charge < -0.3 is 15.2 Å². The zero-order chi connectivity index (χ0) is 19.6. The molecule has 0 aliphatic carbocycles. The highest BCUT2D eigenvalue weighted by Gasteiger charge is 2.47. The second kappa shape index (κ2) is 7.53. The molecule has 2 rings (SSSR count). The van der Waals surface area contributed by atoms with E-state index in [-0.39, 0.29) is 12.3 Å². The summed E-state index contributed by atoms with van der Waals surface area (Å²) in [6.07, 6.45) is -4.98. The number of carbonyl (C=O) groups is 2. The van der Waals surface area contributed by atoms with Crippen LogP contribution in [0, 0.1) is 0 Å². The highest BCUT2D eigenvalue weighted by Crippen LogP contribution is 2.46. The van der Waals surface area contributed by atoms with Crippen LogP contribution >= 0.6 is 0 Å². The number of alkyl halides is 3. The number of fused-ring (bicyclic) bond motifs is 1. The molecular formula is C17H21F3N2O4. The Morgan fingerprint density at radius 2 is 1.96 bits per heavy atom. The third kappa shape index (κ3) is 3.48. The van der Waals surface area contributed by atoms with Crippen LogP contribution in [-0.2, 0) is 20.4 Å². The van der Waals surface area contributed by atoms with Gasteiger partial charge in [-0.2, -0.15) is 13.2 Å². The fraction of sp³-hybridized carbons (Fsp3) is 0.529. The standard InChI is InChI=1S/C17H21F3N2O4/c1-4-11-13(14(21)15(23)25-3)10-7-6-9(17(18,19)20)8-12(10)22(11)16(24)26-5-2/h6-8,11,13-14H,4-5,21H2,1-3H3. The molecule has 2 N–H and O–H groups in total. The fourth-order valence-corrected chi connectivity index (χ4v) is 3.34. The van der Waals surface area contributed by atoms with Crippen LogP contribution in [0.1, 0.15) is 37.3 Å². The van der Waals surface area contributed by atoms with Crippen molar-refractivity contribution in [3.8, 4) is 0 Å². The molecule has 1 heterocycles. The number of hydrogen-bond acceptors (Lipinski definition) is 5. The lowest BCUT2D eigenvalue weighted by atomic mass is 9.86. The summed E-state index contributed by atoms with van der Waals surface area (Å²) in [5.41, 5.74) is 5.54. The number of ether oxygens (including phenoxy) is 2. The van der Waals surface area contributed by atoms with Gasteiger partial charge in [-0.25, -0.2) is 4.79 Å². The molecule has 9 heteroatoms. The number of benzene rings is 1. The SMILES string of the molecule is CCOC(=O)N1c2cc(C(F)(F)F)ccc2C(C(N)C(=O)OC)C1CC. The van der Waals surface area contributed by atoms with Gasteiger partial charge in [0, 0.05) is 12.0 Å². The van der Waals surface area contributed by atoms with Crippen molar-refractivity contribution in [3.63, 3.8) is 0 Å². The molecule has 1 aliphatic heterocycles. The quantitative estimate of drug-likeness (QED) is 0.819. The summed E-state index contributed by atoms with van der Waals surface area (Å²) < 4.78 is 49.0. The predicted molar refractivity (Wildman–Crippen MR) is 87.8 cm³/mol. The summed E-state index contributed by atoms with van der Waals surface area (Å²) in [6.45, 7) is 3.41. The van der Waals surface area contributed by atoms with Crippen molar-refractivity contribution >= 4 is 17.7 Å². The topological polar surface area (TPSA) is 81.9 Å². The molecule has 144 valence electrons. The number of amides is 1. The van der Waals surface area contributed by atoms with E-state index in [2.05, 4.69) is 4.74 Å². The summed E-state index contributed by atoms with van der Waals surface area (Å²) in [5.74, 6) is -1.40. The third-order valence-corrected chi connectivity index (χ3v) is 4.47. The van der Waals surface area contributed by atoms with Crippen molar-refractivity contribution in [2.45, 2.75) is 44.4 Å². The molecule has 1 amide bonds. The minimum Gasteiger partial charge on any atom is -0.468 e. The maximum Gasteiger partial charge on any atom is 0.416 e. The summed E-state index contributed by atoms with van der Waals surface area (Å²) >= 11 is 0. The van der Waals surface area contributed by atoms with E-state index < -0.39 is 41.8 Å². The Balaban J connectivity index is 2.61. The highest BCUT2D eigenvalue weighted by molar-refractivity contribution is 5.93. The van der Waals surface area contributed by atoms with Gasteiger partial charge in [0.2, 0.25) is 0 Å². The van der Waals surface area contributed by atoms with Crippen molar-refractivity contribution in [3.05, 3.63) is 29.3 Å². The molecule has 0 spiro atoms. The van der Waals surface area contributed by atoms with Gasteiger partial charge in [-0.1, -0.05) is 13.0 Å². The summed E-state index contributed by atoms with van der Waals surface area (Å²) in [5, 5.41) is 0. The van der Waals surface area contributed by atoms with Crippen LogP contribution < -0.4 is 10.6 Å². The van der Waals surface area contributed by atoms with Crippen LogP contribution in [0.2, 0.25) is 0 Å². The number of carbonyl (C=O) groups excluding carboxylic acids is 2. The molecule has 0 saturated carbocycles. The van der Waals surface area contributed by atoms with E-state index >= 15 is 0 Å². The Kier molecular flexibility index (Phi) is 5.80. The number of hydrogen-bond donors (Lipinski definition) is 1. The van der Waals surface area contributed by atoms with E-state index in [4.69, 9.17) is 10.5 Å². The van der Waals surface area contributed by atoms with Crippen LogP contribution in [0.15, 0.2) is 18.2 Å². The van der Waals surface area contributed by atoms with E-state index in [1.54, 1.807) is 13.8 Å². The number of halogens is 3. The Hall–Kier alpha value is -2.29. The molecule has 0 aromatic heterocycles. The second-order valence-electron chi connectivity index (χ2n) is 5.89. The van der Waals surface area contributed by atoms with Gasteiger partial charge in [-0.05, 0) is 31.0 Å². The molecule has 3 atom stereocenters. The second-order valence-corrected chi connectivity index (χ2v) is 5.89.